The normalized spacial score (nSPS) is 10.3. The van der Waals surface area contributed by atoms with E-state index in [4.69, 9.17) is 5.11 Å². The number of carboxylic acid groups (broad SMARTS) is 1. The smallest absolute Gasteiger partial charge is 0.349 e. The van der Waals surface area contributed by atoms with Crippen LogP contribution >= 0.6 is 0 Å². The lowest BCUT2D eigenvalue weighted by atomic mass is 10.1. The zero-order valence-corrected chi connectivity index (χ0v) is 9.11. The average Bonchev–Trinajstić information content (AvgIpc) is 2.68. The number of hydrogen-bond donors (Lipinski definition) is 3. The molecule has 0 bridgehead atoms. The van der Waals surface area contributed by atoms with Gasteiger partial charge in [-0.15, -0.1) is 0 Å². The van der Waals surface area contributed by atoms with Gasteiger partial charge in [0.05, 0.1) is 10.5 Å². The van der Waals surface area contributed by atoms with Gasteiger partial charge in [-0.1, -0.05) is 0 Å². The first kappa shape index (κ1) is 12.3. The molecule has 10 heteroatoms. The van der Waals surface area contributed by atoms with E-state index in [1.54, 1.807) is 0 Å². The number of aromatic carboxylic acids is 1. The quantitative estimate of drug-likeness (QED) is 0.501. The van der Waals surface area contributed by atoms with Gasteiger partial charge < -0.3 is 5.11 Å². The second-order valence-corrected chi connectivity index (χ2v) is 3.46. The summed E-state index contributed by atoms with van der Waals surface area (Å²) in [4.78, 5) is 43.5. The molecule has 1 aromatic carbocycles. The fourth-order valence-electron chi connectivity index (χ4n) is 1.52. The molecule has 0 aliphatic rings. The number of aromatic nitrogens is 3. The lowest BCUT2D eigenvalue weighted by Crippen LogP contribution is -2.25. The van der Waals surface area contributed by atoms with Crippen molar-refractivity contribution in [3.63, 3.8) is 0 Å². The second kappa shape index (κ2) is 4.25. The second-order valence-electron chi connectivity index (χ2n) is 3.46. The maximum Gasteiger partial charge on any atom is 0.349 e. The number of carboxylic acids is 1. The Morgan fingerprint density at radius 3 is 2.32 bits per heavy atom. The molecular weight excluding hydrogens is 260 g/mol. The van der Waals surface area contributed by atoms with Gasteiger partial charge in [0.2, 0.25) is 0 Å². The van der Waals surface area contributed by atoms with E-state index in [1.807, 2.05) is 10.2 Å². The summed E-state index contributed by atoms with van der Waals surface area (Å²) >= 11 is 0. The van der Waals surface area contributed by atoms with Gasteiger partial charge in [0.15, 0.2) is 0 Å². The molecule has 19 heavy (non-hydrogen) atoms. The van der Waals surface area contributed by atoms with Crippen molar-refractivity contribution in [3.8, 4) is 5.69 Å². The monoisotopic (exact) mass is 266 g/mol. The molecule has 0 aliphatic carbocycles. The maximum atomic E-state index is 11.4. The van der Waals surface area contributed by atoms with E-state index in [0.717, 1.165) is 18.2 Å². The fourth-order valence-corrected chi connectivity index (χ4v) is 1.52. The number of nitro benzene ring substituents is 1. The standard InChI is InChI=1S/C9H6N4O6/c14-7(15)4-1-2-5(6(3-4)13(18)19)12-8(16)10-11-9(12)17/h1-3H,(H,10,16)(H,11,17)(H,14,15). The van der Waals surface area contributed by atoms with E-state index in [1.165, 1.54) is 0 Å². The highest BCUT2D eigenvalue weighted by molar-refractivity contribution is 5.89. The first-order chi connectivity index (χ1) is 8.91. The number of rotatable bonds is 3. The Kier molecular flexibility index (Phi) is 2.75. The van der Waals surface area contributed by atoms with Crippen LogP contribution in [0.2, 0.25) is 0 Å². The molecule has 0 radical (unpaired) electrons. The summed E-state index contributed by atoms with van der Waals surface area (Å²) in [5.74, 6) is -1.36. The van der Waals surface area contributed by atoms with Crippen LogP contribution in [0.1, 0.15) is 10.4 Å². The number of aromatic amines is 2. The molecule has 0 unspecified atom stereocenters. The summed E-state index contributed by atoms with van der Waals surface area (Å²) in [5, 5.41) is 23.6. The third kappa shape index (κ3) is 2.01. The van der Waals surface area contributed by atoms with Crippen LogP contribution in [0.4, 0.5) is 5.69 Å². The maximum absolute atomic E-state index is 11.4. The SMILES string of the molecule is O=C(O)c1ccc(-n2c(=O)[nH][nH]c2=O)c([N+](=O)[O-])c1. The minimum atomic E-state index is -1.36. The molecule has 10 nitrogen and oxygen atoms in total. The summed E-state index contributed by atoms with van der Waals surface area (Å²) in [5.41, 5.74) is -3.09. The predicted octanol–water partition coefficient (Wildman–Crippen LogP) is -0.540. The van der Waals surface area contributed by atoms with Gasteiger partial charge in [0, 0.05) is 6.07 Å². The summed E-state index contributed by atoms with van der Waals surface area (Å²) in [7, 11) is 0. The summed E-state index contributed by atoms with van der Waals surface area (Å²) in [6.45, 7) is 0. The van der Waals surface area contributed by atoms with E-state index in [2.05, 4.69) is 0 Å². The third-order valence-corrected chi connectivity index (χ3v) is 2.34. The molecule has 0 aliphatic heterocycles. The first-order valence-electron chi connectivity index (χ1n) is 4.83. The lowest BCUT2D eigenvalue weighted by Gasteiger charge is -2.02. The molecule has 3 N–H and O–H groups in total. The fraction of sp³-hybridized carbons (Fsp3) is 0. The van der Waals surface area contributed by atoms with Gasteiger partial charge in [-0.3, -0.25) is 10.1 Å². The van der Waals surface area contributed by atoms with Crippen LogP contribution in [0.5, 0.6) is 0 Å². The van der Waals surface area contributed by atoms with Crippen molar-refractivity contribution in [2.75, 3.05) is 0 Å². The third-order valence-electron chi connectivity index (χ3n) is 2.34. The number of nitro groups is 1. The Labute approximate surface area is 103 Å². The van der Waals surface area contributed by atoms with Crippen molar-refractivity contribution >= 4 is 11.7 Å². The minimum absolute atomic E-state index is 0.317. The minimum Gasteiger partial charge on any atom is -0.478 e. The van der Waals surface area contributed by atoms with Crippen LogP contribution < -0.4 is 11.4 Å². The lowest BCUT2D eigenvalue weighted by molar-refractivity contribution is -0.384. The molecule has 2 aromatic rings. The van der Waals surface area contributed by atoms with Crippen molar-refractivity contribution in [2.24, 2.45) is 0 Å². The molecule has 0 fully saturated rings. The topological polar surface area (TPSA) is 151 Å². The molecule has 0 amide bonds. The predicted molar refractivity (Wildman–Crippen MR) is 60.6 cm³/mol. The van der Waals surface area contributed by atoms with Crippen molar-refractivity contribution in [1.82, 2.24) is 14.8 Å². The number of carbonyl (C=O) groups is 1. The molecule has 0 saturated carbocycles. The van der Waals surface area contributed by atoms with Gasteiger partial charge in [0.25, 0.3) is 5.69 Å². The highest BCUT2D eigenvalue weighted by atomic mass is 16.6. The van der Waals surface area contributed by atoms with Crippen LogP contribution in [0, 0.1) is 10.1 Å². The van der Waals surface area contributed by atoms with Crippen molar-refractivity contribution in [1.29, 1.82) is 0 Å². The Morgan fingerprint density at radius 2 is 1.84 bits per heavy atom. The van der Waals surface area contributed by atoms with Gasteiger partial charge in [-0.05, 0) is 12.1 Å². The average molecular weight is 266 g/mol. The van der Waals surface area contributed by atoms with E-state index in [0.29, 0.717) is 4.57 Å². The Balaban J connectivity index is 2.78. The Bertz CT molecular complexity index is 755. The Morgan fingerprint density at radius 1 is 1.26 bits per heavy atom. The van der Waals surface area contributed by atoms with Crippen LogP contribution in [0.3, 0.4) is 0 Å². The van der Waals surface area contributed by atoms with Crippen molar-refractivity contribution in [2.45, 2.75) is 0 Å². The van der Waals surface area contributed by atoms with Crippen LogP contribution in [0.15, 0.2) is 27.8 Å². The highest BCUT2D eigenvalue weighted by Crippen LogP contribution is 2.22. The van der Waals surface area contributed by atoms with Crippen LogP contribution in [0.25, 0.3) is 5.69 Å². The molecule has 0 atom stereocenters. The van der Waals surface area contributed by atoms with Crippen molar-refractivity contribution in [3.05, 3.63) is 54.8 Å². The zero-order valence-electron chi connectivity index (χ0n) is 9.11. The van der Waals surface area contributed by atoms with E-state index in [9.17, 15) is 24.5 Å². The van der Waals surface area contributed by atoms with E-state index in [-0.39, 0.29) is 11.3 Å². The summed E-state index contributed by atoms with van der Waals surface area (Å²) in [6.07, 6.45) is 0. The highest BCUT2D eigenvalue weighted by Gasteiger charge is 2.21. The molecule has 0 saturated heterocycles. The van der Waals surface area contributed by atoms with Gasteiger partial charge >= 0.3 is 17.3 Å². The number of benzene rings is 1. The largest absolute Gasteiger partial charge is 0.478 e. The van der Waals surface area contributed by atoms with E-state index >= 15 is 0 Å². The molecular formula is C9H6N4O6. The van der Waals surface area contributed by atoms with Crippen LogP contribution in [-0.4, -0.2) is 30.8 Å². The summed E-state index contributed by atoms with van der Waals surface area (Å²) < 4.78 is 0.504. The van der Waals surface area contributed by atoms with Gasteiger partial charge in [-0.25, -0.2) is 29.1 Å². The number of hydrogen-bond acceptors (Lipinski definition) is 5. The molecule has 2 rings (SSSR count). The Hall–Kier alpha value is -3.17. The molecule has 98 valence electrons. The molecule has 1 heterocycles. The van der Waals surface area contributed by atoms with Crippen LogP contribution in [-0.2, 0) is 0 Å². The number of nitrogens with zero attached hydrogens (tertiary/aromatic N) is 2. The number of H-pyrrole nitrogens is 2. The summed E-state index contributed by atoms with van der Waals surface area (Å²) in [6, 6.07) is 2.85. The zero-order chi connectivity index (χ0) is 14.2. The molecule has 0 spiro atoms. The van der Waals surface area contributed by atoms with Crippen molar-refractivity contribution < 1.29 is 14.8 Å². The first-order valence-corrected chi connectivity index (χ1v) is 4.83. The molecule has 1 aromatic heterocycles. The van der Waals surface area contributed by atoms with Gasteiger partial charge in [0.1, 0.15) is 5.69 Å². The number of nitrogens with one attached hydrogen (secondary N) is 2. The van der Waals surface area contributed by atoms with E-state index < -0.39 is 28.0 Å². The van der Waals surface area contributed by atoms with Gasteiger partial charge in [-0.2, -0.15) is 0 Å².